The summed E-state index contributed by atoms with van der Waals surface area (Å²) < 4.78 is 0. The number of hydrogen-bond acceptors (Lipinski definition) is 4. The van der Waals surface area contributed by atoms with Gasteiger partial charge >= 0.3 is 5.97 Å². The van der Waals surface area contributed by atoms with Crippen LogP contribution >= 0.6 is 0 Å². The van der Waals surface area contributed by atoms with Crippen LogP contribution in [0.25, 0.3) is 5.70 Å². The van der Waals surface area contributed by atoms with Crippen molar-refractivity contribution in [1.29, 1.82) is 0 Å². The zero-order valence-electron chi connectivity index (χ0n) is 21.6. The second-order valence-electron chi connectivity index (χ2n) is 10.7. The molecule has 7 rings (SSSR count). The van der Waals surface area contributed by atoms with Gasteiger partial charge in [0.2, 0.25) is 0 Å². The van der Waals surface area contributed by atoms with Crippen LogP contribution in [0.1, 0.15) is 53.1 Å². The summed E-state index contributed by atoms with van der Waals surface area (Å²) in [6.07, 6.45) is 13.3. The van der Waals surface area contributed by atoms with E-state index in [1.165, 1.54) is 23.2 Å². The minimum atomic E-state index is -0.938. The fourth-order valence-corrected chi connectivity index (χ4v) is 6.74. The first-order valence-electron chi connectivity index (χ1n) is 13.7. The fraction of sp³-hybridized carbons (Fsp3) is 0.206. The lowest BCUT2D eigenvalue weighted by atomic mass is 9.66. The van der Waals surface area contributed by atoms with E-state index in [0.717, 1.165) is 42.1 Å². The maximum Gasteiger partial charge on any atom is 0.335 e. The van der Waals surface area contributed by atoms with Crippen molar-refractivity contribution in [3.8, 4) is 0 Å². The number of rotatable bonds is 4. The first kappa shape index (κ1) is 23.6. The lowest BCUT2D eigenvalue weighted by Gasteiger charge is -2.53. The van der Waals surface area contributed by atoms with E-state index in [1.807, 2.05) is 6.08 Å². The van der Waals surface area contributed by atoms with Crippen LogP contribution in [0, 0.1) is 5.92 Å². The molecule has 0 radical (unpaired) electrons. The molecular weight excluding hydrogens is 482 g/mol. The van der Waals surface area contributed by atoms with Gasteiger partial charge in [-0.15, -0.1) is 0 Å². The van der Waals surface area contributed by atoms with Crippen LogP contribution in [0.2, 0.25) is 0 Å². The van der Waals surface area contributed by atoms with Crippen molar-refractivity contribution in [2.75, 3.05) is 0 Å². The maximum absolute atomic E-state index is 11.3. The van der Waals surface area contributed by atoms with E-state index in [4.69, 9.17) is 9.98 Å². The van der Waals surface area contributed by atoms with Crippen LogP contribution in [-0.4, -0.2) is 33.1 Å². The van der Waals surface area contributed by atoms with Crippen molar-refractivity contribution in [3.05, 3.63) is 132 Å². The van der Waals surface area contributed by atoms with Gasteiger partial charge in [0.05, 0.1) is 28.4 Å². The van der Waals surface area contributed by atoms with Gasteiger partial charge in [-0.25, -0.2) is 9.79 Å². The van der Waals surface area contributed by atoms with E-state index in [0.29, 0.717) is 5.92 Å². The molecule has 1 saturated carbocycles. The molecule has 0 bridgehead atoms. The molecule has 0 unspecified atom stereocenters. The summed E-state index contributed by atoms with van der Waals surface area (Å²) in [5, 5.41) is 9.23. The first-order chi connectivity index (χ1) is 19.1. The zero-order chi connectivity index (χ0) is 26.4. The van der Waals surface area contributed by atoms with E-state index in [1.54, 1.807) is 24.3 Å². The predicted octanol–water partition coefficient (Wildman–Crippen LogP) is 7.39. The number of nitrogens with zero attached hydrogens (tertiary/aromatic N) is 3. The molecule has 4 aliphatic rings. The van der Waals surface area contributed by atoms with E-state index in [-0.39, 0.29) is 17.1 Å². The van der Waals surface area contributed by atoms with Gasteiger partial charge in [0.25, 0.3) is 0 Å². The summed E-state index contributed by atoms with van der Waals surface area (Å²) >= 11 is 0. The maximum atomic E-state index is 11.3. The van der Waals surface area contributed by atoms with E-state index in [9.17, 15) is 9.90 Å². The smallest absolute Gasteiger partial charge is 0.335 e. The van der Waals surface area contributed by atoms with Gasteiger partial charge in [0.15, 0.2) is 0 Å². The van der Waals surface area contributed by atoms with Crippen molar-refractivity contribution in [2.24, 2.45) is 15.9 Å². The first-order valence-corrected chi connectivity index (χ1v) is 13.7. The second-order valence-corrected chi connectivity index (χ2v) is 10.7. The van der Waals surface area contributed by atoms with Gasteiger partial charge < -0.3 is 10.0 Å². The monoisotopic (exact) mass is 511 g/mol. The Kier molecular flexibility index (Phi) is 5.66. The van der Waals surface area contributed by atoms with E-state index in [2.05, 4.69) is 83.8 Å². The number of aromatic carboxylic acids is 1. The lowest BCUT2D eigenvalue weighted by molar-refractivity contribution is 0.0686. The minimum Gasteiger partial charge on any atom is -0.478 e. The second kappa shape index (κ2) is 9.35. The number of allylic oxidation sites excluding steroid dienone is 4. The Bertz CT molecular complexity index is 1580. The molecule has 192 valence electrons. The molecular formula is C34H29N3O2. The van der Waals surface area contributed by atoms with Gasteiger partial charge in [-0.2, -0.15) is 0 Å². The fourth-order valence-electron chi connectivity index (χ4n) is 6.74. The molecule has 1 N–H and O–H groups in total. The molecule has 0 aromatic heterocycles. The van der Waals surface area contributed by atoms with Crippen molar-refractivity contribution in [3.63, 3.8) is 0 Å². The summed E-state index contributed by atoms with van der Waals surface area (Å²) in [5.41, 5.74) is 7.32. The van der Waals surface area contributed by atoms with E-state index >= 15 is 0 Å². The summed E-state index contributed by atoms with van der Waals surface area (Å²) in [6.45, 7) is 0. The highest BCUT2D eigenvalue weighted by Gasteiger charge is 2.56. The van der Waals surface area contributed by atoms with E-state index < -0.39 is 5.97 Å². The molecule has 2 heterocycles. The number of fused-ring (bicyclic) bond motifs is 2. The quantitative estimate of drug-likeness (QED) is 0.371. The zero-order valence-corrected chi connectivity index (χ0v) is 21.6. The molecule has 3 aromatic carbocycles. The van der Waals surface area contributed by atoms with Crippen molar-refractivity contribution < 1.29 is 9.90 Å². The van der Waals surface area contributed by atoms with Crippen molar-refractivity contribution in [1.82, 2.24) is 4.90 Å². The molecule has 0 saturated heterocycles. The Morgan fingerprint density at radius 2 is 1.64 bits per heavy atom. The molecule has 2 aliphatic carbocycles. The van der Waals surface area contributed by atoms with Crippen molar-refractivity contribution in [2.45, 2.75) is 37.3 Å². The molecule has 3 aromatic rings. The van der Waals surface area contributed by atoms with Gasteiger partial charge in [0, 0.05) is 17.5 Å². The van der Waals surface area contributed by atoms with Gasteiger partial charge in [0.1, 0.15) is 5.66 Å². The molecule has 1 spiro atoms. The SMILES string of the molecule is O=C(O)c1ccc(N=C2C=CC3=N[C@]45CCCC[C@@H]4[C@H](c4ccccc4)C=C(c4ccccc4)N5C3=C2)cc1. The normalized spacial score (nSPS) is 26.2. The Morgan fingerprint density at radius 1 is 0.897 bits per heavy atom. The van der Waals surface area contributed by atoms with Gasteiger partial charge in [-0.05, 0) is 72.9 Å². The average molecular weight is 512 g/mol. The Labute approximate surface area is 228 Å². The minimum absolute atomic E-state index is 0.255. The molecule has 5 heteroatoms. The van der Waals surface area contributed by atoms with Crippen LogP contribution in [0.3, 0.4) is 0 Å². The Balaban J connectivity index is 1.37. The van der Waals surface area contributed by atoms with Crippen LogP contribution in [0.4, 0.5) is 5.69 Å². The summed E-state index contributed by atoms with van der Waals surface area (Å²) in [7, 11) is 0. The lowest BCUT2D eigenvalue weighted by Crippen LogP contribution is -2.54. The van der Waals surface area contributed by atoms with Crippen LogP contribution in [0.5, 0.6) is 0 Å². The summed E-state index contributed by atoms with van der Waals surface area (Å²) in [5.74, 6) is -0.280. The topological polar surface area (TPSA) is 65.3 Å². The Morgan fingerprint density at radius 3 is 2.38 bits per heavy atom. The highest BCUT2D eigenvalue weighted by Crippen LogP contribution is 2.57. The highest BCUT2D eigenvalue weighted by atomic mass is 16.4. The van der Waals surface area contributed by atoms with Gasteiger partial charge in [-0.1, -0.05) is 73.2 Å². The van der Waals surface area contributed by atoms with Gasteiger partial charge in [-0.3, -0.25) is 4.99 Å². The molecule has 1 fully saturated rings. The summed E-state index contributed by atoms with van der Waals surface area (Å²) in [6, 6.07) is 28.3. The standard InChI is InChI=1S/C34H29N3O2/c38-33(39)25-14-16-26(17-15-25)35-27-18-19-30-32(21-27)37-31(24-11-5-2-6-12-24)22-28(23-9-3-1-4-10-23)29-13-7-8-20-34(29,37)36-30/h1-6,9-12,14-19,21-22,28-29H,7-8,13,20H2,(H,38,39)/t28-,29+,34-/m0/s1. The third-order valence-corrected chi connectivity index (χ3v) is 8.44. The van der Waals surface area contributed by atoms with Crippen molar-refractivity contribution >= 4 is 28.8 Å². The number of carboxylic acid groups (broad SMARTS) is 1. The molecule has 2 aliphatic heterocycles. The number of carbonyl (C=O) groups is 1. The molecule has 5 nitrogen and oxygen atoms in total. The number of carboxylic acids is 1. The third kappa shape index (κ3) is 3.97. The highest BCUT2D eigenvalue weighted by molar-refractivity contribution is 6.23. The van der Waals surface area contributed by atoms with Crippen LogP contribution in [-0.2, 0) is 0 Å². The molecule has 39 heavy (non-hydrogen) atoms. The number of benzene rings is 3. The number of aliphatic imine (C=N–C) groups is 2. The Hall–Kier alpha value is -4.51. The van der Waals surface area contributed by atoms with Crippen LogP contribution < -0.4 is 0 Å². The largest absolute Gasteiger partial charge is 0.478 e. The molecule has 0 amide bonds. The predicted molar refractivity (Wildman–Crippen MR) is 155 cm³/mol. The average Bonchev–Trinajstić information content (AvgIpc) is 3.30. The third-order valence-electron chi connectivity index (χ3n) is 8.44. The van der Waals surface area contributed by atoms with Crippen LogP contribution in [0.15, 0.2) is 125 Å². The number of hydrogen-bond donors (Lipinski definition) is 1. The summed E-state index contributed by atoms with van der Waals surface area (Å²) in [4.78, 5) is 24.1. The molecule has 3 atom stereocenters.